The number of para-hydroxylation sites is 1. The SMILES string of the molecule is CN(c1ccc(-c2ccccc2)cc1)c1ccc(-c2ccc3c(c2)c2ccccc2n3-c2c(F)c(F)cc(F)c2F)cc1. The van der Waals surface area contributed by atoms with E-state index in [0.29, 0.717) is 21.8 Å². The van der Waals surface area contributed by atoms with E-state index >= 15 is 0 Å². The lowest BCUT2D eigenvalue weighted by Crippen LogP contribution is -2.08. The number of aromatic nitrogens is 1. The largest absolute Gasteiger partial charge is 0.345 e. The van der Waals surface area contributed by atoms with Crippen LogP contribution in [-0.2, 0) is 0 Å². The van der Waals surface area contributed by atoms with Crippen LogP contribution in [0.3, 0.4) is 0 Å². The molecule has 1 heterocycles. The third-order valence-corrected chi connectivity index (χ3v) is 7.93. The molecule has 0 aliphatic heterocycles. The van der Waals surface area contributed by atoms with Crippen molar-refractivity contribution in [3.8, 4) is 27.9 Å². The molecule has 0 aliphatic rings. The van der Waals surface area contributed by atoms with Gasteiger partial charge in [0, 0.05) is 35.3 Å². The molecular formula is C37H24F4N2. The normalized spacial score (nSPS) is 11.4. The first kappa shape index (κ1) is 26.5. The highest BCUT2D eigenvalue weighted by atomic mass is 19.2. The predicted octanol–water partition coefficient (Wildman–Crippen LogP) is 10.4. The van der Waals surface area contributed by atoms with Crippen LogP contribution in [0.15, 0.2) is 127 Å². The van der Waals surface area contributed by atoms with Crippen LogP contribution in [-0.4, -0.2) is 11.6 Å². The fourth-order valence-electron chi connectivity index (χ4n) is 5.68. The Morgan fingerprint density at radius 3 is 1.58 bits per heavy atom. The summed E-state index contributed by atoms with van der Waals surface area (Å²) in [6.07, 6.45) is 0. The van der Waals surface area contributed by atoms with Crippen molar-refractivity contribution in [2.75, 3.05) is 11.9 Å². The number of benzene rings is 6. The van der Waals surface area contributed by atoms with Crippen LogP contribution in [0.5, 0.6) is 0 Å². The van der Waals surface area contributed by atoms with Gasteiger partial charge in [0.05, 0.1) is 11.0 Å². The lowest BCUT2D eigenvalue weighted by atomic mass is 10.0. The number of hydrogen-bond acceptors (Lipinski definition) is 1. The summed E-state index contributed by atoms with van der Waals surface area (Å²) in [4.78, 5) is 2.11. The second-order valence-corrected chi connectivity index (χ2v) is 10.4. The summed E-state index contributed by atoms with van der Waals surface area (Å²) in [6.45, 7) is 0. The standard InChI is InChI=1S/C37H24F4N2/c1-42(27-16-11-24(12-17-27)23-7-3-2-4-8-23)28-18-13-25(14-19-28)26-15-20-34-30(21-26)29-9-5-6-10-33(29)43(34)37-35(40)31(38)22-32(39)36(37)41/h2-22H,1H3. The van der Waals surface area contributed by atoms with Gasteiger partial charge in [-0.1, -0.05) is 78.9 Å². The summed E-state index contributed by atoms with van der Waals surface area (Å²) in [7, 11) is 2.01. The summed E-state index contributed by atoms with van der Waals surface area (Å²) < 4.78 is 59.5. The van der Waals surface area contributed by atoms with Crippen molar-refractivity contribution >= 4 is 33.2 Å². The van der Waals surface area contributed by atoms with E-state index < -0.39 is 29.0 Å². The minimum Gasteiger partial charge on any atom is -0.345 e. The van der Waals surface area contributed by atoms with Crippen LogP contribution >= 0.6 is 0 Å². The van der Waals surface area contributed by atoms with Gasteiger partial charge < -0.3 is 9.47 Å². The molecule has 43 heavy (non-hydrogen) atoms. The van der Waals surface area contributed by atoms with Gasteiger partial charge in [0.15, 0.2) is 23.3 Å². The molecule has 0 amide bonds. The molecule has 0 aliphatic carbocycles. The number of halogens is 4. The highest BCUT2D eigenvalue weighted by Gasteiger charge is 2.24. The zero-order chi connectivity index (χ0) is 29.7. The van der Waals surface area contributed by atoms with E-state index in [9.17, 15) is 17.6 Å². The lowest BCUT2D eigenvalue weighted by Gasteiger charge is -2.20. The van der Waals surface area contributed by atoms with Gasteiger partial charge in [-0.15, -0.1) is 0 Å². The first-order valence-corrected chi connectivity index (χ1v) is 13.8. The van der Waals surface area contributed by atoms with Gasteiger partial charge >= 0.3 is 0 Å². The minimum absolute atomic E-state index is 0.223. The lowest BCUT2D eigenvalue weighted by molar-refractivity contribution is 0.449. The monoisotopic (exact) mass is 572 g/mol. The zero-order valence-electron chi connectivity index (χ0n) is 23.0. The van der Waals surface area contributed by atoms with Gasteiger partial charge in [-0.05, 0) is 64.7 Å². The molecule has 0 unspecified atom stereocenters. The van der Waals surface area contributed by atoms with E-state index in [-0.39, 0.29) is 6.07 Å². The second kappa shape index (κ2) is 10.5. The highest BCUT2D eigenvalue weighted by molar-refractivity contribution is 6.10. The maximum Gasteiger partial charge on any atom is 0.186 e. The van der Waals surface area contributed by atoms with Crippen molar-refractivity contribution in [2.24, 2.45) is 0 Å². The summed E-state index contributed by atoms with van der Waals surface area (Å²) >= 11 is 0. The third kappa shape index (κ3) is 4.52. The topological polar surface area (TPSA) is 8.17 Å². The van der Waals surface area contributed by atoms with Crippen LogP contribution in [0, 0.1) is 23.3 Å². The molecule has 0 atom stereocenters. The quantitative estimate of drug-likeness (QED) is 0.147. The van der Waals surface area contributed by atoms with Crippen LogP contribution < -0.4 is 4.90 Å². The Hall–Kier alpha value is -5.36. The van der Waals surface area contributed by atoms with Crippen molar-refractivity contribution in [1.82, 2.24) is 4.57 Å². The Labute approximate surface area is 245 Å². The fraction of sp³-hybridized carbons (Fsp3) is 0.0270. The maximum absolute atomic E-state index is 14.9. The van der Waals surface area contributed by atoms with Gasteiger partial charge in [0.2, 0.25) is 0 Å². The van der Waals surface area contributed by atoms with Crippen LogP contribution in [0.25, 0.3) is 49.7 Å². The van der Waals surface area contributed by atoms with Gasteiger partial charge in [0.25, 0.3) is 0 Å². The van der Waals surface area contributed by atoms with Gasteiger partial charge in [-0.3, -0.25) is 0 Å². The predicted molar refractivity (Wildman–Crippen MR) is 166 cm³/mol. The molecule has 210 valence electrons. The molecule has 0 N–H and O–H groups in total. The Morgan fingerprint density at radius 2 is 0.953 bits per heavy atom. The molecule has 6 heteroatoms. The molecule has 2 nitrogen and oxygen atoms in total. The number of nitrogens with zero attached hydrogens (tertiary/aromatic N) is 2. The summed E-state index contributed by atoms with van der Waals surface area (Å²) in [5.74, 6) is -5.79. The van der Waals surface area contributed by atoms with E-state index in [2.05, 4.69) is 41.3 Å². The molecule has 0 saturated heterocycles. The molecule has 6 aromatic carbocycles. The van der Waals surface area contributed by atoms with E-state index in [4.69, 9.17) is 0 Å². The Morgan fingerprint density at radius 1 is 0.465 bits per heavy atom. The molecule has 0 fully saturated rings. The zero-order valence-corrected chi connectivity index (χ0v) is 23.0. The first-order chi connectivity index (χ1) is 20.9. The Kier molecular flexibility index (Phi) is 6.47. The molecule has 0 bridgehead atoms. The van der Waals surface area contributed by atoms with Crippen molar-refractivity contribution in [3.05, 3.63) is 151 Å². The van der Waals surface area contributed by atoms with Gasteiger partial charge in [-0.25, -0.2) is 17.6 Å². The van der Waals surface area contributed by atoms with Crippen LogP contribution in [0.1, 0.15) is 0 Å². The number of fused-ring (bicyclic) bond motifs is 3. The summed E-state index contributed by atoms with van der Waals surface area (Å²) in [5, 5.41) is 1.41. The molecule has 0 spiro atoms. The molecule has 0 saturated carbocycles. The molecule has 7 rings (SSSR count). The van der Waals surface area contributed by atoms with Crippen molar-refractivity contribution in [1.29, 1.82) is 0 Å². The average Bonchev–Trinajstić information content (AvgIpc) is 3.38. The van der Waals surface area contributed by atoms with Gasteiger partial charge in [0.1, 0.15) is 5.69 Å². The fourth-order valence-corrected chi connectivity index (χ4v) is 5.68. The average molecular weight is 573 g/mol. The molecule has 0 radical (unpaired) electrons. The summed E-state index contributed by atoms with van der Waals surface area (Å²) in [6, 6.07) is 39.5. The third-order valence-electron chi connectivity index (χ3n) is 7.93. The maximum atomic E-state index is 14.9. The van der Waals surface area contributed by atoms with E-state index in [0.717, 1.165) is 28.1 Å². The Balaban J connectivity index is 1.25. The van der Waals surface area contributed by atoms with Crippen molar-refractivity contribution in [3.63, 3.8) is 0 Å². The second-order valence-electron chi connectivity index (χ2n) is 10.4. The molecule has 7 aromatic rings. The Bertz CT molecular complexity index is 2090. The highest BCUT2D eigenvalue weighted by Crippen LogP contribution is 2.37. The number of rotatable bonds is 5. The van der Waals surface area contributed by atoms with Crippen LogP contribution in [0.4, 0.5) is 28.9 Å². The molecular weight excluding hydrogens is 548 g/mol. The van der Waals surface area contributed by atoms with Crippen molar-refractivity contribution < 1.29 is 17.6 Å². The minimum atomic E-state index is -1.45. The van der Waals surface area contributed by atoms with E-state index in [1.54, 1.807) is 18.2 Å². The van der Waals surface area contributed by atoms with E-state index in [1.807, 2.05) is 73.8 Å². The number of hydrogen-bond donors (Lipinski definition) is 0. The number of anilines is 2. The first-order valence-electron chi connectivity index (χ1n) is 13.8. The van der Waals surface area contributed by atoms with E-state index in [1.165, 1.54) is 10.1 Å². The smallest absolute Gasteiger partial charge is 0.186 e. The van der Waals surface area contributed by atoms with Crippen LogP contribution in [0.2, 0.25) is 0 Å². The van der Waals surface area contributed by atoms with Gasteiger partial charge in [-0.2, -0.15) is 0 Å². The summed E-state index contributed by atoms with van der Waals surface area (Å²) in [5.41, 5.74) is 6.31. The molecule has 1 aromatic heterocycles. The van der Waals surface area contributed by atoms with Crippen molar-refractivity contribution in [2.45, 2.75) is 0 Å².